The molecule has 2 heterocycles. The summed E-state index contributed by atoms with van der Waals surface area (Å²) in [6, 6.07) is 6.51. The van der Waals surface area contributed by atoms with Crippen LogP contribution in [-0.2, 0) is 6.54 Å². The molecule has 0 saturated carbocycles. The summed E-state index contributed by atoms with van der Waals surface area (Å²) in [5.41, 5.74) is 6.76. The van der Waals surface area contributed by atoms with E-state index in [1.54, 1.807) is 24.3 Å². The molecule has 0 amide bonds. The predicted molar refractivity (Wildman–Crippen MR) is 91.7 cm³/mol. The van der Waals surface area contributed by atoms with Crippen LogP contribution in [0.5, 0.6) is 6.01 Å². The van der Waals surface area contributed by atoms with Crippen LogP contribution in [0, 0.1) is 0 Å². The molecule has 2 aromatic heterocycles. The maximum absolute atomic E-state index is 12.2. The van der Waals surface area contributed by atoms with Gasteiger partial charge in [0, 0.05) is 5.30 Å². The summed E-state index contributed by atoms with van der Waals surface area (Å²) in [4.78, 5) is 41.3. The Kier molecular flexibility index (Phi) is 4.95. The van der Waals surface area contributed by atoms with Crippen molar-refractivity contribution in [2.75, 3.05) is 18.9 Å². The first-order valence-corrected chi connectivity index (χ1v) is 8.51. The molecule has 25 heavy (non-hydrogen) atoms. The second-order valence-electron chi connectivity index (χ2n) is 5.13. The minimum Gasteiger partial charge on any atom is -0.461 e. The molecule has 0 aliphatic carbocycles. The number of aromatic nitrogens is 4. The van der Waals surface area contributed by atoms with Gasteiger partial charge in [0.25, 0.3) is 0 Å². The minimum absolute atomic E-state index is 0.00631. The van der Waals surface area contributed by atoms with Crippen molar-refractivity contribution >= 4 is 30.7 Å². The number of nitrogens with zero attached hydrogens (tertiary/aromatic N) is 3. The molecule has 0 radical (unpaired) electrons. The van der Waals surface area contributed by atoms with Crippen LogP contribution in [0.1, 0.15) is 5.56 Å². The van der Waals surface area contributed by atoms with Crippen molar-refractivity contribution in [3.63, 3.8) is 0 Å². The first kappa shape index (κ1) is 17.3. The third-order valence-electron chi connectivity index (χ3n) is 3.46. The van der Waals surface area contributed by atoms with Gasteiger partial charge in [-0.15, -0.1) is 0 Å². The number of nitrogens with two attached hydrogens (primary N) is 1. The van der Waals surface area contributed by atoms with Crippen molar-refractivity contribution in [3.8, 4) is 6.01 Å². The van der Waals surface area contributed by atoms with Crippen molar-refractivity contribution < 1.29 is 19.6 Å². The van der Waals surface area contributed by atoms with Crippen molar-refractivity contribution in [1.82, 2.24) is 19.5 Å². The van der Waals surface area contributed by atoms with E-state index < -0.39 is 14.1 Å². The molecule has 0 aliphatic rings. The van der Waals surface area contributed by atoms with Crippen molar-refractivity contribution in [3.05, 3.63) is 40.3 Å². The average Bonchev–Trinajstić information content (AvgIpc) is 2.90. The third-order valence-corrected chi connectivity index (χ3v) is 4.22. The second-order valence-corrected chi connectivity index (χ2v) is 6.23. The Bertz CT molecular complexity index is 937. The highest BCUT2D eigenvalue weighted by Gasteiger charge is 2.15. The number of aliphatic hydroxyl groups is 1. The predicted octanol–water partition coefficient (Wildman–Crippen LogP) is -0.957. The molecule has 6 N–H and O–H groups in total. The standard InChI is InChI=1S/C14H16N5O5P/c15-11-10-12(18-13(17-11)24-6-5-20)19(14(21)16-10)7-8-1-3-9(4-2-8)25(22)23/h1-4,20,22-23H,5-7H2,(H,16,21)(H2,15,17,18). The molecule has 132 valence electrons. The highest BCUT2D eigenvalue weighted by atomic mass is 31.2. The molecule has 0 bridgehead atoms. The molecule has 0 aliphatic heterocycles. The van der Waals surface area contributed by atoms with Crippen molar-refractivity contribution in [2.24, 2.45) is 0 Å². The fourth-order valence-corrected chi connectivity index (χ4v) is 2.71. The number of aliphatic hydroxyl groups excluding tert-OH is 1. The Morgan fingerprint density at radius 2 is 1.96 bits per heavy atom. The fourth-order valence-electron chi connectivity index (χ4n) is 2.30. The molecule has 1 aromatic carbocycles. The molecule has 10 nitrogen and oxygen atoms in total. The number of hydrogen-bond acceptors (Lipinski definition) is 8. The molecule has 0 fully saturated rings. The zero-order valence-electron chi connectivity index (χ0n) is 13.0. The molecule has 0 unspecified atom stereocenters. The van der Waals surface area contributed by atoms with Gasteiger partial charge in [-0.3, -0.25) is 4.57 Å². The summed E-state index contributed by atoms with van der Waals surface area (Å²) in [5, 5.41) is 9.23. The van der Waals surface area contributed by atoms with Crippen LogP contribution in [0.2, 0.25) is 0 Å². The van der Waals surface area contributed by atoms with Gasteiger partial charge >= 0.3 is 11.7 Å². The highest BCUT2D eigenvalue weighted by Crippen LogP contribution is 2.22. The van der Waals surface area contributed by atoms with Crippen LogP contribution in [0.15, 0.2) is 29.1 Å². The highest BCUT2D eigenvalue weighted by molar-refractivity contribution is 7.54. The summed E-state index contributed by atoms with van der Waals surface area (Å²) in [6.07, 6.45) is 0. The van der Waals surface area contributed by atoms with Gasteiger partial charge in [0.2, 0.25) is 0 Å². The van der Waals surface area contributed by atoms with Crippen molar-refractivity contribution in [1.29, 1.82) is 0 Å². The minimum atomic E-state index is -2.16. The maximum Gasteiger partial charge on any atom is 0.328 e. The van der Waals surface area contributed by atoms with Crippen LogP contribution in [-0.4, -0.2) is 47.6 Å². The Morgan fingerprint density at radius 3 is 2.60 bits per heavy atom. The van der Waals surface area contributed by atoms with E-state index in [1.807, 2.05) is 0 Å². The summed E-state index contributed by atoms with van der Waals surface area (Å²) >= 11 is 0. The van der Waals surface area contributed by atoms with Gasteiger partial charge in [-0.25, -0.2) is 4.79 Å². The number of imidazole rings is 1. The Hall–Kier alpha value is -2.52. The van der Waals surface area contributed by atoms with Crippen LogP contribution in [0.3, 0.4) is 0 Å². The van der Waals surface area contributed by atoms with Gasteiger partial charge in [0.05, 0.1) is 13.2 Å². The lowest BCUT2D eigenvalue weighted by Crippen LogP contribution is -2.18. The largest absolute Gasteiger partial charge is 0.461 e. The number of nitrogen functional groups attached to an aromatic ring is 1. The Morgan fingerprint density at radius 1 is 1.24 bits per heavy atom. The SMILES string of the molecule is Nc1nc(OCCO)nc2c1[nH]c(=O)n2Cc1ccc(P(O)O)cc1. The lowest BCUT2D eigenvalue weighted by molar-refractivity contribution is 0.192. The van der Waals surface area contributed by atoms with E-state index in [4.69, 9.17) is 15.6 Å². The number of nitrogens with one attached hydrogen (secondary N) is 1. The molecule has 3 rings (SSSR count). The lowest BCUT2D eigenvalue weighted by atomic mass is 10.2. The van der Waals surface area contributed by atoms with Gasteiger partial charge in [-0.2, -0.15) is 9.97 Å². The molecule has 0 atom stereocenters. The van der Waals surface area contributed by atoms with E-state index in [1.165, 1.54) is 4.57 Å². The van der Waals surface area contributed by atoms with Gasteiger partial charge in [-0.1, -0.05) is 12.1 Å². The van der Waals surface area contributed by atoms with E-state index in [2.05, 4.69) is 15.0 Å². The van der Waals surface area contributed by atoms with Crippen LogP contribution in [0.25, 0.3) is 11.2 Å². The number of hydrogen-bond donors (Lipinski definition) is 5. The number of anilines is 1. The average molecular weight is 365 g/mol. The number of benzene rings is 1. The molecular formula is C14H16N5O5P. The first-order chi connectivity index (χ1) is 12.0. The number of H-pyrrole nitrogens is 1. The summed E-state index contributed by atoms with van der Waals surface area (Å²) in [7, 11) is -2.16. The summed E-state index contributed by atoms with van der Waals surface area (Å²) in [6.45, 7) is 0.00199. The van der Waals surface area contributed by atoms with E-state index in [-0.39, 0.29) is 37.2 Å². The van der Waals surface area contributed by atoms with Crippen LogP contribution >= 0.6 is 8.38 Å². The number of ether oxygens (including phenoxy) is 1. The lowest BCUT2D eigenvalue weighted by Gasteiger charge is -2.07. The van der Waals surface area contributed by atoms with Gasteiger partial charge in [0.1, 0.15) is 12.1 Å². The third kappa shape index (κ3) is 3.62. The van der Waals surface area contributed by atoms with Crippen LogP contribution < -0.4 is 21.5 Å². The zero-order chi connectivity index (χ0) is 18.0. The number of fused-ring (bicyclic) bond motifs is 1. The number of aromatic amines is 1. The molecule has 11 heteroatoms. The summed E-state index contributed by atoms with van der Waals surface area (Å²) < 4.78 is 6.54. The maximum atomic E-state index is 12.2. The van der Waals surface area contributed by atoms with Gasteiger partial charge in [0.15, 0.2) is 19.8 Å². The topological polar surface area (TPSA) is 160 Å². The van der Waals surface area contributed by atoms with E-state index in [0.717, 1.165) is 5.56 Å². The Labute approximate surface area is 142 Å². The molecule has 0 saturated heterocycles. The first-order valence-electron chi connectivity index (χ1n) is 7.26. The van der Waals surface area contributed by atoms with Gasteiger partial charge < -0.3 is 30.3 Å². The number of rotatable bonds is 6. The monoisotopic (exact) mass is 365 g/mol. The Balaban J connectivity index is 1.98. The quantitative estimate of drug-likeness (QED) is 0.349. The smallest absolute Gasteiger partial charge is 0.328 e. The second kappa shape index (κ2) is 7.16. The van der Waals surface area contributed by atoms with E-state index in [0.29, 0.717) is 10.8 Å². The molecular weight excluding hydrogens is 349 g/mol. The molecule has 0 spiro atoms. The normalized spacial score (nSPS) is 11.4. The van der Waals surface area contributed by atoms with Crippen LogP contribution in [0.4, 0.5) is 5.82 Å². The van der Waals surface area contributed by atoms with Gasteiger partial charge in [-0.05, 0) is 17.7 Å². The van der Waals surface area contributed by atoms with Crippen molar-refractivity contribution in [2.45, 2.75) is 6.54 Å². The van der Waals surface area contributed by atoms with E-state index >= 15 is 0 Å². The van der Waals surface area contributed by atoms with E-state index in [9.17, 15) is 14.6 Å². The zero-order valence-corrected chi connectivity index (χ0v) is 13.8. The fraction of sp³-hybridized carbons (Fsp3) is 0.214. The molecule has 3 aromatic rings. The summed E-state index contributed by atoms with van der Waals surface area (Å²) in [5.74, 6) is 0.0651.